The van der Waals surface area contributed by atoms with Crippen molar-refractivity contribution in [1.82, 2.24) is 41.0 Å². The molecule has 13 nitrogen and oxygen atoms in total. The number of fused-ring (bicyclic) bond motifs is 4. The van der Waals surface area contributed by atoms with E-state index in [1.807, 2.05) is 50.3 Å². The molecule has 2 aromatic carbocycles. The van der Waals surface area contributed by atoms with Crippen molar-refractivity contribution >= 4 is 30.0 Å². The number of pyridine rings is 2. The summed E-state index contributed by atoms with van der Waals surface area (Å²) in [6.07, 6.45) is 20.3. The van der Waals surface area contributed by atoms with E-state index in [0.29, 0.717) is 61.4 Å². The number of likely N-dealkylation sites (N-methyl/N-ethyl adjacent to an activating group) is 1. The highest BCUT2D eigenvalue weighted by Gasteiger charge is 2.30. The zero-order valence-corrected chi connectivity index (χ0v) is 50.8. The molecule has 5 rings (SSSR count). The lowest BCUT2D eigenvalue weighted by atomic mass is 9.94. The molecule has 1 aliphatic rings. The summed E-state index contributed by atoms with van der Waals surface area (Å²) >= 11 is 3.03. The molecular formula is C66H98FN9O4S. The smallest absolute Gasteiger partial charge is 0.257 e. The molecule has 4 aromatic rings. The minimum atomic E-state index is -1.49. The van der Waals surface area contributed by atoms with Crippen LogP contribution in [0.2, 0.25) is 0 Å². The van der Waals surface area contributed by atoms with Crippen LogP contribution in [0.15, 0.2) is 152 Å². The monoisotopic (exact) mass is 1130 g/mol. The molecule has 1 aliphatic heterocycles. The van der Waals surface area contributed by atoms with Crippen molar-refractivity contribution in [3.8, 4) is 11.4 Å². The van der Waals surface area contributed by atoms with E-state index in [-0.39, 0.29) is 35.7 Å². The van der Waals surface area contributed by atoms with E-state index in [1.165, 1.54) is 70.1 Å². The van der Waals surface area contributed by atoms with Crippen molar-refractivity contribution in [2.45, 2.75) is 137 Å². The van der Waals surface area contributed by atoms with Crippen molar-refractivity contribution in [3.05, 3.63) is 197 Å². The first-order chi connectivity index (χ1) is 39.1. The molecule has 8 N–H and O–H groups in total. The van der Waals surface area contributed by atoms with Gasteiger partial charge in [-0.2, -0.15) is 0 Å². The zero-order valence-electron chi connectivity index (χ0n) is 49.9. The number of nitrogens with one attached hydrogen (secondary N) is 5. The number of methoxy groups -OCH3 is 1. The van der Waals surface area contributed by atoms with Crippen molar-refractivity contribution in [3.63, 3.8) is 0 Å². The Labute approximate surface area is 491 Å². The molecule has 0 aliphatic carbocycles. The first-order valence-corrected chi connectivity index (χ1v) is 29.2. The summed E-state index contributed by atoms with van der Waals surface area (Å²) in [7, 11) is 3.55. The average Bonchev–Trinajstić information content (AvgIpc) is 3.99. The summed E-state index contributed by atoms with van der Waals surface area (Å²) in [6, 6.07) is 15.2. The van der Waals surface area contributed by atoms with E-state index in [1.54, 1.807) is 23.6 Å². The Morgan fingerprint density at radius 1 is 0.790 bits per heavy atom. The predicted molar refractivity (Wildman–Crippen MR) is 343 cm³/mol. The number of ether oxygens (including phenoxy) is 1. The number of nitrogens with zero attached hydrogens (tertiary/aromatic N) is 3. The molecule has 0 spiro atoms. The van der Waals surface area contributed by atoms with Crippen molar-refractivity contribution < 1.29 is 19.0 Å². The number of aliphatic hydroxyl groups is 1. The Kier molecular flexibility index (Phi) is 35.2. The highest BCUT2D eigenvalue weighted by Crippen LogP contribution is 2.38. The van der Waals surface area contributed by atoms with Gasteiger partial charge in [0.15, 0.2) is 6.29 Å². The maximum Gasteiger partial charge on any atom is 0.257 e. The largest absolute Gasteiger partial charge is 0.387 e. The van der Waals surface area contributed by atoms with Crippen LogP contribution in [0, 0.1) is 19.7 Å². The van der Waals surface area contributed by atoms with Gasteiger partial charge >= 0.3 is 0 Å². The summed E-state index contributed by atoms with van der Waals surface area (Å²) < 4.78 is 21.7. The molecule has 81 heavy (non-hydrogen) atoms. The normalized spacial score (nSPS) is 11.2. The van der Waals surface area contributed by atoms with Gasteiger partial charge < -0.3 is 50.7 Å². The minimum absolute atomic E-state index is 0.0530. The molecule has 0 saturated carbocycles. The molecule has 0 saturated heterocycles. The quantitative estimate of drug-likeness (QED) is 0.00816. The Balaban J connectivity index is 0.00000185. The summed E-state index contributed by atoms with van der Waals surface area (Å²) in [5, 5.41) is 32.3. The molecule has 0 amide bonds. The van der Waals surface area contributed by atoms with Gasteiger partial charge in [-0.25, -0.2) is 9.37 Å². The highest BCUT2D eigenvalue weighted by atomic mass is 32.1. The van der Waals surface area contributed by atoms with Crippen LogP contribution in [0.25, 0.3) is 22.3 Å². The molecule has 2 aromatic heterocycles. The summed E-state index contributed by atoms with van der Waals surface area (Å²) in [5.41, 5.74) is 10.8. The van der Waals surface area contributed by atoms with Crippen LogP contribution in [-0.2, 0) is 29.1 Å². The van der Waals surface area contributed by atoms with Crippen LogP contribution in [0.5, 0.6) is 0 Å². The number of carbonyl (C=O) groups excluding carboxylic acids is 1. The van der Waals surface area contributed by atoms with E-state index in [2.05, 4.69) is 122 Å². The number of thiol groups is 1. The number of hydrogen-bond acceptors (Lipinski definition) is 13. The fourth-order valence-corrected chi connectivity index (χ4v) is 9.06. The Morgan fingerprint density at radius 3 is 1.88 bits per heavy atom. The lowest BCUT2D eigenvalue weighted by Gasteiger charge is -2.19. The van der Waals surface area contributed by atoms with Gasteiger partial charge in [0.2, 0.25) is 0 Å². The number of aryl methyl sites for hydroxylation is 3. The van der Waals surface area contributed by atoms with Gasteiger partial charge in [0.05, 0.1) is 56.2 Å². The fourth-order valence-electron chi connectivity index (χ4n) is 9.06. The number of unbranched alkanes of at least 4 members (excludes halogenated alkanes) is 10. The molecule has 0 fully saturated rings. The molecular weight excluding hydrogens is 1030 g/mol. The fraction of sp³-hybridized carbons (Fsp3) is 0.439. The van der Waals surface area contributed by atoms with Crippen LogP contribution in [0.4, 0.5) is 4.39 Å². The van der Waals surface area contributed by atoms with Crippen LogP contribution in [-0.4, -0.2) is 79.3 Å². The average molecular weight is 1130 g/mol. The second kappa shape index (κ2) is 40.5. The van der Waals surface area contributed by atoms with Crippen molar-refractivity contribution in [1.29, 1.82) is 0 Å². The summed E-state index contributed by atoms with van der Waals surface area (Å²) in [4.78, 5) is 32.3. The van der Waals surface area contributed by atoms with Gasteiger partial charge in [-0.1, -0.05) is 159 Å². The third kappa shape index (κ3) is 25.4. The summed E-state index contributed by atoms with van der Waals surface area (Å²) in [5.74, 6) is -0.359. The number of benzene rings is 2. The molecule has 0 radical (unpaired) electrons. The van der Waals surface area contributed by atoms with Gasteiger partial charge in [0, 0.05) is 89.6 Å². The number of aldehydes is 1. The molecule has 0 bridgehead atoms. The number of hydrogen-bond donors (Lipinski definition) is 8. The van der Waals surface area contributed by atoms with Gasteiger partial charge in [-0.3, -0.25) is 9.93 Å². The minimum Gasteiger partial charge on any atom is -0.387 e. The molecule has 3 heterocycles. The molecule has 1 unspecified atom stereocenters. The third-order valence-corrected chi connectivity index (χ3v) is 13.7. The van der Waals surface area contributed by atoms with Crippen molar-refractivity contribution in [2.75, 3.05) is 53.4 Å². The number of allylic oxidation sites excluding steroid dienone is 4. The summed E-state index contributed by atoms with van der Waals surface area (Å²) in [6.45, 7) is 40.7. The van der Waals surface area contributed by atoms with Gasteiger partial charge in [0.1, 0.15) is 11.9 Å². The van der Waals surface area contributed by atoms with E-state index < -0.39 is 6.10 Å². The van der Waals surface area contributed by atoms with Crippen LogP contribution >= 0.6 is 12.8 Å². The van der Waals surface area contributed by atoms with Crippen molar-refractivity contribution in [2.24, 2.45) is 5.14 Å². The number of halogens is 1. The van der Waals surface area contributed by atoms with E-state index in [0.717, 1.165) is 95.9 Å². The Hall–Kier alpha value is -6.65. The van der Waals surface area contributed by atoms with Crippen LogP contribution < -0.4 is 37.3 Å². The number of aromatic nitrogens is 2. The zero-order chi connectivity index (χ0) is 60.1. The Bertz CT molecular complexity index is 2740. The number of carbonyl (C=O) groups is 1. The first-order valence-electron chi connectivity index (χ1n) is 28.6. The van der Waals surface area contributed by atoms with Crippen LogP contribution in [0.1, 0.15) is 137 Å². The standard InChI is InChI=1S/C57H81FN8O4.C7H8.C2H6.H3NS/c1-11-12-26-46(8)65(9)29-24-19-17-15-13-14-16-18-21-25-41(3)60-34-43(5)62-36-45(7)63-35-44(6)61-33-42(4)59-28-23-20-22-27-47-48-30-40(2)52(58)32-53(48)64-56-50(47)37-66-54(56)31-49(55(68)38-67)51(39-70-10)57(66)69;1-7-5-3-2-4-6-7;2*1-2/h11-12,26,30-32,38,55,59-63,68H,1,3-8,13-25,27-29,33-37,39H2,2,9-10H3;2-6H,1H3;1-2H3;2H,1H2/b26-12-;;;. The third-order valence-electron chi connectivity index (χ3n) is 13.7. The van der Waals surface area contributed by atoms with E-state index in [4.69, 9.17) is 9.72 Å². The second-order valence-corrected chi connectivity index (χ2v) is 20.2. The second-order valence-electron chi connectivity index (χ2n) is 20.2. The number of nitrogens with two attached hydrogens (primary N) is 1. The van der Waals surface area contributed by atoms with E-state index >= 15 is 0 Å². The maximum atomic E-state index is 14.8. The van der Waals surface area contributed by atoms with E-state index in [9.17, 15) is 19.1 Å². The van der Waals surface area contributed by atoms with Gasteiger partial charge in [0.25, 0.3) is 5.56 Å². The maximum absolute atomic E-state index is 14.8. The lowest BCUT2D eigenvalue weighted by Crippen LogP contribution is -2.32. The lowest BCUT2D eigenvalue weighted by molar-refractivity contribution is -0.115. The van der Waals surface area contributed by atoms with Gasteiger partial charge in [-0.05, 0) is 81.7 Å². The number of rotatable bonds is 38. The predicted octanol–water partition coefficient (Wildman–Crippen LogP) is 12.4. The SMILES string of the molecule is C=C/C=C\C(=C)N(C)CCCCCCCCCCCC(=C)NCC(=C)NCC(=C)NCC(=C)NCC(=C)NCCCCCc1c2c(nc3cc(F)c(C)cc13)-c1cc(C(O)C=O)c(COC)c(=O)n1C2.CC.Cc1ccccc1.NS. The Morgan fingerprint density at radius 2 is 1.33 bits per heavy atom. The molecule has 444 valence electrons. The number of aliphatic hydroxyl groups excluding tert-OH is 1. The topological polar surface area (TPSA) is 171 Å². The van der Waals surface area contributed by atoms with Gasteiger partial charge in [-0.15, -0.1) is 12.8 Å². The molecule has 1 atom stereocenters. The van der Waals surface area contributed by atoms with Crippen LogP contribution in [0.3, 0.4) is 0 Å². The first kappa shape index (κ1) is 70.5. The highest BCUT2D eigenvalue weighted by molar-refractivity contribution is 7.77. The molecule has 15 heteroatoms.